The molecule has 0 amide bonds. The maximum absolute atomic E-state index is 15.2. The van der Waals surface area contributed by atoms with Gasteiger partial charge in [0, 0.05) is 12.1 Å². The zero-order valence-corrected chi connectivity index (χ0v) is 23.8. The molecule has 0 radical (unpaired) electrons. The molecule has 0 aliphatic heterocycles. The molecule has 1 aliphatic rings. The molecule has 8 nitrogen and oxygen atoms in total. The summed E-state index contributed by atoms with van der Waals surface area (Å²) in [6, 6.07) is 9.11. The van der Waals surface area contributed by atoms with Crippen LogP contribution in [-0.2, 0) is 15.8 Å². The van der Waals surface area contributed by atoms with Crippen LogP contribution in [0.15, 0.2) is 48.7 Å². The first kappa shape index (κ1) is 28.7. The minimum absolute atomic E-state index is 0.0389. The number of aryl methyl sites for hydroxylation is 1. The van der Waals surface area contributed by atoms with Gasteiger partial charge in [-0.15, -0.1) is 0 Å². The van der Waals surface area contributed by atoms with Crippen molar-refractivity contribution < 1.29 is 21.6 Å². The molecule has 4 aromatic rings. The topological polar surface area (TPSA) is 100 Å². The molecule has 1 fully saturated rings. The Hall–Kier alpha value is -3.77. The minimum Gasteiger partial charge on any atom is -0.351 e. The first-order valence-electron chi connectivity index (χ1n) is 13.3. The van der Waals surface area contributed by atoms with Crippen LogP contribution in [0.5, 0.6) is 0 Å². The van der Waals surface area contributed by atoms with Crippen LogP contribution in [0.1, 0.15) is 36.8 Å². The number of fused-ring (bicyclic) bond motifs is 1. The number of nitrogens with zero attached hydrogens (tertiary/aromatic N) is 4. The van der Waals surface area contributed by atoms with Crippen molar-refractivity contribution >= 4 is 32.7 Å². The van der Waals surface area contributed by atoms with Crippen LogP contribution in [0.25, 0.3) is 22.3 Å². The minimum atomic E-state index is -4.01. The lowest BCUT2D eigenvalue weighted by Crippen LogP contribution is -2.36. The van der Waals surface area contributed by atoms with Gasteiger partial charge in [-0.3, -0.25) is 4.72 Å². The number of anilines is 2. The fraction of sp³-hybridized carbons (Fsp3) is 0.345. The Morgan fingerprint density at radius 2 is 1.61 bits per heavy atom. The quantitative estimate of drug-likeness (QED) is 0.276. The largest absolute Gasteiger partial charge is 0.351 e. The average Bonchev–Trinajstić information content (AvgIpc) is 2.90. The summed E-state index contributed by atoms with van der Waals surface area (Å²) >= 11 is 0. The predicted octanol–water partition coefficient (Wildman–Crippen LogP) is 5.64. The van der Waals surface area contributed by atoms with E-state index in [0.29, 0.717) is 34.2 Å². The molecule has 216 valence electrons. The Kier molecular flexibility index (Phi) is 8.14. The first-order valence-corrected chi connectivity index (χ1v) is 14.9. The van der Waals surface area contributed by atoms with Gasteiger partial charge in [-0.1, -0.05) is 12.1 Å². The number of benzene rings is 2. The second-order valence-corrected chi connectivity index (χ2v) is 12.4. The SMILES string of the molecule is Cc1cc(-c2c(F)cc(NS(=O)(=O)Cc3ccc(F)cc3)cc2F)nc2cnc(NC3CCC(N(C)C)CC3)nc12. The lowest BCUT2D eigenvalue weighted by molar-refractivity contribution is 0.221. The highest BCUT2D eigenvalue weighted by atomic mass is 32.2. The maximum Gasteiger partial charge on any atom is 0.236 e. The van der Waals surface area contributed by atoms with Crippen LogP contribution in [-0.4, -0.2) is 54.4 Å². The Balaban J connectivity index is 1.34. The molecule has 12 heteroatoms. The number of sulfonamides is 1. The summed E-state index contributed by atoms with van der Waals surface area (Å²) in [5, 5.41) is 3.41. The van der Waals surface area contributed by atoms with Gasteiger partial charge in [0.1, 0.15) is 23.0 Å². The summed E-state index contributed by atoms with van der Waals surface area (Å²) < 4.78 is 70.7. The number of rotatable bonds is 8. The van der Waals surface area contributed by atoms with Gasteiger partial charge in [0.05, 0.1) is 34.4 Å². The molecule has 2 N–H and O–H groups in total. The summed E-state index contributed by atoms with van der Waals surface area (Å²) in [7, 11) is 0.181. The summed E-state index contributed by atoms with van der Waals surface area (Å²) in [4.78, 5) is 15.7. The Morgan fingerprint density at radius 3 is 2.24 bits per heavy atom. The molecular weight excluding hydrogens is 553 g/mol. The van der Waals surface area contributed by atoms with Gasteiger partial charge in [-0.05, 0) is 88.2 Å². The van der Waals surface area contributed by atoms with Crippen LogP contribution in [0.3, 0.4) is 0 Å². The first-order chi connectivity index (χ1) is 19.5. The van der Waals surface area contributed by atoms with E-state index in [4.69, 9.17) is 0 Å². The molecule has 0 atom stereocenters. The third-order valence-corrected chi connectivity index (χ3v) is 8.60. The van der Waals surface area contributed by atoms with Crippen molar-refractivity contribution in [2.24, 2.45) is 0 Å². The van der Waals surface area contributed by atoms with Gasteiger partial charge in [0.15, 0.2) is 0 Å². The number of pyridine rings is 1. The number of hydrogen-bond donors (Lipinski definition) is 2. The molecule has 0 spiro atoms. The number of halogens is 3. The van der Waals surface area contributed by atoms with Crippen molar-refractivity contribution in [3.63, 3.8) is 0 Å². The molecule has 5 rings (SSSR count). The van der Waals surface area contributed by atoms with Crippen LogP contribution in [0.2, 0.25) is 0 Å². The van der Waals surface area contributed by atoms with E-state index in [0.717, 1.165) is 49.9 Å². The molecule has 0 saturated heterocycles. The zero-order chi connectivity index (χ0) is 29.3. The van der Waals surface area contributed by atoms with Crippen LogP contribution >= 0.6 is 0 Å². The molecule has 2 aromatic heterocycles. The van der Waals surface area contributed by atoms with E-state index in [1.54, 1.807) is 13.0 Å². The Bertz CT molecular complexity index is 1650. The van der Waals surface area contributed by atoms with Crippen LogP contribution in [0.4, 0.5) is 24.8 Å². The normalized spacial score (nSPS) is 17.6. The van der Waals surface area contributed by atoms with Gasteiger partial charge in [-0.2, -0.15) is 0 Å². The van der Waals surface area contributed by atoms with Gasteiger partial charge in [-0.25, -0.2) is 36.5 Å². The van der Waals surface area contributed by atoms with Crippen molar-refractivity contribution in [2.45, 2.75) is 50.4 Å². The van der Waals surface area contributed by atoms with E-state index in [-0.39, 0.29) is 17.4 Å². The molecule has 41 heavy (non-hydrogen) atoms. The summed E-state index contributed by atoms with van der Waals surface area (Å²) in [5.74, 6) is -2.47. The molecule has 1 saturated carbocycles. The number of nitrogens with one attached hydrogen (secondary N) is 2. The molecule has 0 bridgehead atoms. The Morgan fingerprint density at radius 1 is 0.951 bits per heavy atom. The number of hydrogen-bond acceptors (Lipinski definition) is 7. The molecule has 2 heterocycles. The molecular formula is C29H31F3N6O2S. The van der Waals surface area contributed by atoms with Crippen molar-refractivity contribution in [2.75, 3.05) is 24.1 Å². The van der Waals surface area contributed by atoms with Crippen molar-refractivity contribution in [3.05, 3.63) is 77.2 Å². The highest BCUT2D eigenvalue weighted by Gasteiger charge is 2.23. The average molecular weight is 585 g/mol. The zero-order valence-electron chi connectivity index (χ0n) is 23.0. The van der Waals surface area contributed by atoms with Gasteiger partial charge in [0.2, 0.25) is 16.0 Å². The second-order valence-electron chi connectivity index (χ2n) is 10.7. The van der Waals surface area contributed by atoms with Crippen molar-refractivity contribution in [1.29, 1.82) is 0 Å². The van der Waals surface area contributed by atoms with E-state index < -0.39 is 38.8 Å². The van der Waals surface area contributed by atoms with E-state index in [9.17, 15) is 12.8 Å². The second kappa shape index (κ2) is 11.6. The van der Waals surface area contributed by atoms with Gasteiger partial charge < -0.3 is 10.2 Å². The van der Waals surface area contributed by atoms with E-state index in [1.807, 2.05) is 0 Å². The lowest BCUT2D eigenvalue weighted by Gasteiger charge is -2.32. The fourth-order valence-electron chi connectivity index (χ4n) is 5.19. The van der Waals surface area contributed by atoms with Crippen LogP contribution < -0.4 is 10.0 Å². The summed E-state index contributed by atoms with van der Waals surface area (Å²) in [5.41, 5.74) is 1.30. The Labute approximate surface area is 237 Å². The smallest absolute Gasteiger partial charge is 0.236 e. The predicted molar refractivity (Wildman–Crippen MR) is 153 cm³/mol. The molecule has 0 unspecified atom stereocenters. The third-order valence-electron chi connectivity index (χ3n) is 7.34. The van der Waals surface area contributed by atoms with E-state index in [2.05, 4.69) is 44.0 Å². The van der Waals surface area contributed by atoms with E-state index in [1.165, 1.54) is 18.3 Å². The highest BCUT2D eigenvalue weighted by Crippen LogP contribution is 2.31. The van der Waals surface area contributed by atoms with Gasteiger partial charge in [0.25, 0.3) is 0 Å². The van der Waals surface area contributed by atoms with E-state index >= 15 is 8.78 Å². The molecule has 1 aliphatic carbocycles. The standard InChI is InChI=1S/C29H31F3N6O2S/c1-17-12-25(35-26-15-33-29(36-28(17)26)34-20-8-10-22(11-9-20)38(2)3)27-23(31)13-21(14-24(27)32)37-41(39,40)16-18-4-6-19(30)7-5-18/h4-7,12-15,20,22,37H,8-11,16H2,1-3H3,(H,33,34,36). The highest BCUT2D eigenvalue weighted by molar-refractivity contribution is 7.91. The number of aromatic nitrogens is 3. The summed E-state index contributed by atoms with van der Waals surface area (Å²) in [6.45, 7) is 1.78. The van der Waals surface area contributed by atoms with Crippen LogP contribution in [0, 0.1) is 24.4 Å². The van der Waals surface area contributed by atoms with Gasteiger partial charge >= 0.3 is 0 Å². The van der Waals surface area contributed by atoms with Crippen molar-refractivity contribution in [1.82, 2.24) is 19.9 Å². The summed E-state index contributed by atoms with van der Waals surface area (Å²) in [6.07, 6.45) is 5.73. The maximum atomic E-state index is 15.2. The molecule has 2 aromatic carbocycles. The monoisotopic (exact) mass is 584 g/mol. The lowest BCUT2D eigenvalue weighted by atomic mass is 9.91. The fourth-order valence-corrected chi connectivity index (χ4v) is 6.37. The third kappa shape index (κ3) is 6.76. The van der Waals surface area contributed by atoms with Crippen molar-refractivity contribution in [3.8, 4) is 11.3 Å².